The number of hydrogen-bond acceptors (Lipinski definition) is 5. The average molecular weight is 388 g/mol. The molecule has 1 heterocycles. The van der Waals surface area contributed by atoms with Crippen LogP contribution in [0.2, 0.25) is 0 Å². The molecule has 7 nitrogen and oxygen atoms in total. The van der Waals surface area contributed by atoms with Crippen molar-refractivity contribution in [2.75, 3.05) is 13.2 Å². The third-order valence-electron chi connectivity index (χ3n) is 4.16. The number of ether oxygens (including phenoxy) is 1. The quantitative estimate of drug-likeness (QED) is 0.759. The Morgan fingerprint density at radius 1 is 1.15 bits per heavy atom. The van der Waals surface area contributed by atoms with Gasteiger partial charge in [0.05, 0.1) is 18.7 Å². The number of nitrogens with zero attached hydrogens (tertiary/aromatic N) is 1. The van der Waals surface area contributed by atoms with Crippen LogP contribution in [0.15, 0.2) is 48.5 Å². The van der Waals surface area contributed by atoms with E-state index in [1.807, 2.05) is 29.8 Å². The van der Waals surface area contributed by atoms with Gasteiger partial charge in [-0.15, -0.1) is 0 Å². The van der Waals surface area contributed by atoms with E-state index in [1.54, 1.807) is 24.3 Å². The minimum absolute atomic E-state index is 0.0593. The van der Waals surface area contributed by atoms with Crippen molar-refractivity contribution in [3.63, 3.8) is 0 Å². The number of esters is 1. The molecule has 2 aromatic carbocycles. The van der Waals surface area contributed by atoms with Gasteiger partial charge in [0, 0.05) is 13.0 Å². The van der Waals surface area contributed by atoms with Crippen LogP contribution in [-0.4, -0.2) is 37.8 Å². The molecular weight excluding hydrogens is 368 g/mol. The summed E-state index contributed by atoms with van der Waals surface area (Å²) in [6.45, 7) is 2.15. The molecule has 2 aromatic rings. The van der Waals surface area contributed by atoms with Crippen molar-refractivity contribution >= 4 is 22.1 Å². The second-order valence-electron chi connectivity index (χ2n) is 6.37. The van der Waals surface area contributed by atoms with Crippen LogP contribution in [0.4, 0.5) is 0 Å². The van der Waals surface area contributed by atoms with Crippen LogP contribution in [0.5, 0.6) is 0 Å². The standard InChI is InChI=1S/C19H20N2O5S/c1-14-3-2-4-15(11-14)9-10-26-19(23)17-7-5-16(6-8-17)12-21-13-18(22)20-27(21,24)25/h2-8,11H,9-10,12-13H2,1H3,(H,20,22). The average Bonchev–Trinajstić information content (AvgIpc) is 2.87. The first-order valence-corrected chi connectivity index (χ1v) is 9.90. The van der Waals surface area contributed by atoms with E-state index in [-0.39, 0.29) is 19.7 Å². The zero-order valence-electron chi connectivity index (χ0n) is 14.8. The highest BCUT2D eigenvalue weighted by Crippen LogP contribution is 2.14. The molecule has 0 saturated carbocycles. The molecule has 27 heavy (non-hydrogen) atoms. The summed E-state index contributed by atoms with van der Waals surface area (Å²) in [6, 6.07) is 14.5. The lowest BCUT2D eigenvalue weighted by Crippen LogP contribution is -2.29. The Kier molecular flexibility index (Phi) is 5.57. The number of aryl methyl sites for hydroxylation is 1. The molecule has 3 rings (SSSR count). The highest BCUT2D eigenvalue weighted by molar-refractivity contribution is 7.88. The van der Waals surface area contributed by atoms with Crippen LogP contribution in [0.1, 0.15) is 27.0 Å². The highest BCUT2D eigenvalue weighted by Gasteiger charge is 2.33. The summed E-state index contributed by atoms with van der Waals surface area (Å²) in [6.07, 6.45) is 0.638. The molecule has 1 aliphatic rings. The van der Waals surface area contributed by atoms with Crippen molar-refractivity contribution in [3.8, 4) is 0 Å². The zero-order chi connectivity index (χ0) is 19.4. The number of carbonyl (C=O) groups is 2. The second kappa shape index (κ2) is 7.89. The van der Waals surface area contributed by atoms with Gasteiger partial charge >= 0.3 is 16.2 Å². The van der Waals surface area contributed by atoms with Crippen molar-refractivity contribution in [3.05, 3.63) is 70.8 Å². The summed E-state index contributed by atoms with van der Waals surface area (Å²) in [4.78, 5) is 23.4. The van der Waals surface area contributed by atoms with E-state index in [0.29, 0.717) is 17.5 Å². The van der Waals surface area contributed by atoms with Gasteiger partial charge in [0.2, 0.25) is 5.91 Å². The first-order valence-electron chi connectivity index (χ1n) is 8.46. The molecule has 0 spiro atoms. The first kappa shape index (κ1) is 19.1. The summed E-state index contributed by atoms with van der Waals surface area (Å²) in [7, 11) is -3.76. The van der Waals surface area contributed by atoms with Gasteiger partial charge in [0.15, 0.2) is 0 Å². The summed E-state index contributed by atoms with van der Waals surface area (Å²) in [5, 5.41) is 0. The van der Waals surface area contributed by atoms with Gasteiger partial charge in [-0.25, -0.2) is 9.52 Å². The fraction of sp³-hybridized carbons (Fsp3) is 0.263. The molecule has 0 aliphatic carbocycles. The van der Waals surface area contributed by atoms with Crippen LogP contribution >= 0.6 is 0 Å². The van der Waals surface area contributed by atoms with Crippen molar-refractivity contribution in [2.45, 2.75) is 19.9 Å². The van der Waals surface area contributed by atoms with Gasteiger partial charge < -0.3 is 4.74 Å². The minimum Gasteiger partial charge on any atom is -0.462 e. The van der Waals surface area contributed by atoms with Gasteiger partial charge in [0.25, 0.3) is 0 Å². The van der Waals surface area contributed by atoms with Gasteiger partial charge in [0.1, 0.15) is 0 Å². The number of nitrogens with one attached hydrogen (secondary N) is 1. The lowest BCUT2D eigenvalue weighted by Gasteiger charge is -2.12. The Morgan fingerprint density at radius 3 is 2.52 bits per heavy atom. The number of amides is 1. The number of carbonyl (C=O) groups excluding carboxylic acids is 2. The van der Waals surface area contributed by atoms with Gasteiger partial charge in [-0.05, 0) is 30.2 Å². The third-order valence-corrected chi connectivity index (χ3v) is 5.58. The van der Waals surface area contributed by atoms with Crippen molar-refractivity contribution in [1.82, 2.24) is 9.03 Å². The summed E-state index contributed by atoms with van der Waals surface area (Å²) in [5.74, 6) is -0.983. The monoisotopic (exact) mass is 388 g/mol. The van der Waals surface area contributed by atoms with Gasteiger partial charge in [-0.1, -0.05) is 42.0 Å². The Balaban J connectivity index is 1.53. The topological polar surface area (TPSA) is 92.8 Å². The van der Waals surface area contributed by atoms with E-state index < -0.39 is 22.1 Å². The molecule has 0 radical (unpaired) electrons. The van der Waals surface area contributed by atoms with E-state index in [0.717, 1.165) is 15.4 Å². The summed E-state index contributed by atoms with van der Waals surface area (Å²) >= 11 is 0. The van der Waals surface area contributed by atoms with E-state index >= 15 is 0 Å². The van der Waals surface area contributed by atoms with Gasteiger partial charge in [-0.2, -0.15) is 12.7 Å². The first-order chi connectivity index (χ1) is 12.8. The highest BCUT2D eigenvalue weighted by atomic mass is 32.2. The van der Waals surface area contributed by atoms with E-state index in [4.69, 9.17) is 4.74 Å². The molecule has 0 bridgehead atoms. The van der Waals surface area contributed by atoms with Crippen molar-refractivity contribution in [2.24, 2.45) is 0 Å². The maximum Gasteiger partial charge on any atom is 0.338 e. The maximum absolute atomic E-state index is 12.1. The molecule has 0 unspecified atom stereocenters. The molecular formula is C19H20N2O5S. The van der Waals surface area contributed by atoms with Crippen LogP contribution in [0.25, 0.3) is 0 Å². The number of hydrogen-bond donors (Lipinski definition) is 1. The molecule has 0 aromatic heterocycles. The molecule has 1 fully saturated rings. The van der Waals surface area contributed by atoms with Crippen LogP contribution < -0.4 is 4.72 Å². The lowest BCUT2D eigenvalue weighted by atomic mass is 10.1. The second-order valence-corrected chi connectivity index (χ2v) is 8.04. The maximum atomic E-state index is 12.1. The normalized spacial score (nSPS) is 16.1. The Labute approximate surface area is 158 Å². The SMILES string of the molecule is Cc1cccc(CCOC(=O)c2ccc(CN3CC(=O)NS3(=O)=O)cc2)c1. The smallest absolute Gasteiger partial charge is 0.338 e. The van der Waals surface area contributed by atoms with Crippen molar-refractivity contribution < 1.29 is 22.7 Å². The van der Waals surface area contributed by atoms with E-state index in [2.05, 4.69) is 6.07 Å². The molecule has 1 N–H and O–H groups in total. The molecule has 142 valence electrons. The predicted octanol–water partition coefficient (Wildman–Crippen LogP) is 1.57. The molecule has 1 saturated heterocycles. The molecule has 1 aliphatic heterocycles. The number of benzene rings is 2. The fourth-order valence-corrected chi connectivity index (χ4v) is 3.88. The Morgan fingerprint density at radius 2 is 1.89 bits per heavy atom. The minimum atomic E-state index is -3.76. The molecule has 8 heteroatoms. The summed E-state index contributed by atoms with van der Waals surface area (Å²) in [5.41, 5.74) is 3.33. The fourth-order valence-electron chi connectivity index (χ4n) is 2.79. The van der Waals surface area contributed by atoms with Gasteiger partial charge in [-0.3, -0.25) is 4.79 Å². The number of rotatable bonds is 6. The lowest BCUT2D eigenvalue weighted by molar-refractivity contribution is -0.118. The predicted molar refractivity (Wildman–Crippen MR) is 99.1 cm³/mol. The van der Waals surface area contributed by atoms with Crippen LogP contribution in [-0.2, 0) is 32.7 Å². The van der Waals surface area contributed by atoms with E-state index in [1.165, 1.54) is 0 Å². The van der Waals surface area contributed by atoms with Crippen LogP contribution in [0.3, 0.4) is 0 Å². The Bertz CT molecular complexity index is 954. The largest absolute Gasteiger partial charge is 0.462 e. The Hall–Kier alpha value is -2.71. The molecule has 1 amide bonds. The van der Waals surface area contributed by atoms with E-state index in [9.17, 15) is 18.0 Å². The van der Waals surface area contributed by atoms with Crippen molar-refractivity contribution in [1.29, 1.82) is 0 Å². The zero-order valence-corrected chi connectivity index (χ0v) is 15.7. The summed E-state index contributed by atoms with van der Waals surface area (Å²) < 4.78 is 31.7. The third kappa shape index (κ3) is 4.93. The molecule has 0 atom stereocenters. The van der Waals surface area contributed by atoms with Crippen LogP contribution in [0, 0.1) is 6.92 Å².